The van der Waals surface area contributed by atoms with Crippen LogP contribution in [0.1, 0.15) is 49.0 Å². The number of ether oxygens (including phenoxy) is 2. The van der Waals surface area contributed by atoms with Crippen molar-refractivity contribution in [3.63, 3.8) is 0 Å². The van der Waals surface area contributed by atoms with Crippen LogP contribution in [0.2, 0.25) is 0 Å². The smallest absolute Gasteiger partial charge is 0.482 e. The van der Waals surface area contributed by atoms with E-state index in [1.165, 1.54) is 24.3 Å². The summed E-state index contributed by atoms with van der Waals surface area (Å²) < 4.78 is 52.5. The summed E-state index contributed by atoms with van der Waals surface area (Å²) in [6, 6.07) is 10.9. The number of carboxylic acids is 1. The molecule has 0 bridgehead atoms. The topological polar surface area (TPSA) is 81.8 Å². The Kier molecular flexibility index (Phi) is 7.81. The van der Waals surface area contributed by atoms with E-state index >= 15 is 0 Å². The van der Waals surface area contributed by atoms with Crippen LogP contribution in [0, 0.1) is 6.92 Å². The number of hydrogen-bond donors (Lipinski definition) is 1. The number of alkyl halides is 3. The van der Waals surface area contributed by atoms with Gasteiger partial charge in [-0.15, -0.1) is 24.9 Å². The van der Waals surface area contributed by atoms with Gasteiger partial charge in [-0.05, 0) is 67.8 Å². The highest BCUT2D eigenvalue weighted by Crippen LogP contribution is 2.41. The van der Waals surface area contributed by atoms with Crippen molar-refractivity contribution in [2.24, 2.45) is 0 Å². The minimum Gasteiger partial charge on any atom is -0.482 e. The molecule has 0 aliphatic rings. The van der Waals surface area contributed by atoms with Crippen molar-refractivity contribution in [1.82, 2.24) is 4.98 Å². The zero-order chi connectivity index (χ0) is 25.0. The molecule has 1 atom stereocenters. The van der Waals surface area contributed by atoms with Gasteiger partial charge in [-0.3, -0.25) is 0 Å². The van der Waals surface area contributed by atoms with Crippen LogP contribution in [0.5, 0.6) is 11.5 Å². The van der Waals surface area contributed by atoms with Crippen LogP contribution in [-0.2, 0) is 4.79 Å². The number of aromatic nitrogens is 1. The molecule has 3 aromatic rings. The van der Waals surface area contributed by atoms with Crippen molar-refractivity contribution in [3.8, 4) is 23.0 Å². The lowest BCUT2D eigenvalue weighted by Crippen LogP contribution is -2.16. The average molecular weight is 496 g/mol. The number of aryl methyl sites for hydroxylation is 1. The normalized spacial score (nSPS) is 12.6. The molecule has 1 N–H and O–H groups in total. The van der Waals surface area contributed by atoms with E-state index in [9.17, 15) is 18.0 Å². The summed E-state index contributed by atoms with van der Waals surface area (Å²) >= 11 is 1.54. The fourth-order valence-electron chi connectivity index (χ4n) is 3.23. The Hall–Kier alpha value is -3.14. The third kappa shape index (κ3) is 6.69. The predicted molar refractivity (Wildman–Crippen MR) is 121 cm³/mol. The van der Waals surface area contributed by atoms with Crippen molar-refractivity contribution >= 4 is 17.7 Å². The van der Waals surface area contributed by atoms with Gasteiger partial charge in [0.1, 0.15) is 17.3 Å². The van der Waals surface area contributed by atoms with E-state index in [1.807, 2.05) is 39.8 Å². The van der Waals surface area contributed by atoms with Gasteiger partial charge in [0.2, 0.25) is 5.89 Å². The number of halogens is 3. The number of thioether (sulfide) groups is 1. The van der Waals surface area contributed by atoms with Crippen LogP contribution < -0.4 is 9.47 Å². The molecule has 0 saturated carbocycles. The first-order chi connectivity index (χ1) is 15.9. The van der Waals surface area contributed by atoms with Gasteiger partial charge in [0, 0.05) is 10.5 Å². The second kappa shape index (κ2) is 10.4. The second-order valence-electron chi connectivity index (χ2n) is 7.87. The van der Waals surface area contributed by atoms with Gasteiger partial charge in [0.05, 0.1) is 10.9 Å². The van der Waals surface area contributed by atoms with Crippen molar-refractivity contribution < 1.29 is 37.0 Å². The quantitative estimate of drug-likeness (QED) is 0.320. The van der Waals surface area contributed by atoms with Gasteiger partial charge in [0.15, 0.2) is 6.61 Å². The Morgan fingerprint density at radius 3 is 2.38 bits per heavy atom. The largest absolute Gasteiger partial charge is 0.573 e. The minimum atomic E-state index is -4.76. The van der Waals surface area contributed by atoms with Crippen LogP contribution in [0.3, 0.4) is 0 Å². The minimum absolute atomic E-state index is 0.0666. The van der Waals surface area contributed by atoms with E-state index in [2.05, 4.69) is 9.72 Å². The van der Waals surface area contributed by atoms with Crippen molar-refractivity contribution in [2.45, 2.75) is 50.1 Å². The van der Waals surface area contributed by atoms with E-state index < -0.39 is 18.9 Å². The van der Waals surface area contributed by atoms with Gasteiger partial charge >= 0.3 is 12.3 Å². The van der Waals surface area contributed by atoms with Crippen LogP contribution in [0.15, 0.2) is 51.8 Å². The SMILES string of the molecule is Cc1cc(SC(C)c2oc(-c3ccc(OC(F)(F)F)cc3)nc2C(C)C)ccc1OCC(=O)O. The maximum Gasteiger partial charge on any atom is 0.573 e. The molecule has 182 valence electrons. The Balaban J connectivity index is 1.80. The Labute approximate surface area is 199 Å². The molecular formula is C24H24F3NO5S. The van der Waals surface area contributed by atoms with E-state index in [4.69, 9.17) is 14.3 Å². The lowest BCUT2D eigenvalue weighted by molar-refractivity contribution is -0.274. The highest BCUT2D eigenvalue weighted by atomic mass is 32.2. The second-order valence-corrected chi connectivity index (χ2v) is 9.28. The third-order valence-corrected chi connectivity index (χ3v) is 5.84. The number of carboxylic acid groups (broad SMARTS) is 1. The number of carbonyl (C=O) groups is 1. The molecule has 34 heavy (non-hydrogen) atoms. The number of rotatable bonds is 9. The number of hydrogen-bond acceptors (Lipinski definition) is 6. The molecule has 0 saturated heterocycles. The summed E-state index contributed by atoms with van der Waals surface area (Å²) in [5.74, 6) is 0.199. The van der Waals surface area contributed by atoms with Gasteiger partial charge in [-0.2, -0.15) is 0 Å². The molecule has 1 heterocycles. The maximum absolute atomic E-state index is 12.4. The van der Waals surface area contributed by atoms with E-state index in [0.717, 1.165) is 16.2 Å². The molecule has 0 aliphatic carbocycles. The van der Waals surface area contributed by atoms with E-state index in [-0.39, 0.29) is 16.9 Å². The molecule has 0 amide bonds. The Morgan fingerprint density at radius 1 is 1.15 bits per heavy atom. The molecule has 10 heteroatoms. The molecule has 6 nitrogen and oxygen atoms in total. The molecular weight excluding hydrogens is 471 g/mol. The summed E-state index contributed by atoms with van der Waals surface area (Å²) in [6.07, 6.45) is -4.76. The van der Waals surface area contributed by atoms with Gasteiger partial charge < -0.3 is 19.0 Å². The molecule has 0 radical (unpaired) electrons. The number of aliphatic carboxylic acids is 1. The lowest BCUT2D eigenvalue weighted by Gasteiger charge is -2.13. The van der Waals surface area contributed by atoms with Gasteiger partial charge in [-0.1, -0.05) is 13.8 Å². The van der Waals surface area contributed by atoms with E-state index in [1.54, 1.807) is 17.8 Å². The van der Waals surface area contributed by atoms with Crippen molar-refractivity contribution in [1.29, 1.82) is 0 Å². The Morgan fingerprint density at radius 2 is 1.82 bits per heavy atom. The van der Waals surface area contributed by atoms with Gasteiger partial charge in [0.25, 0.3) is 0 Å². The van der Waals surface area contributed by atoms with Crippen LogP contribution in [-0.4, -0.2) is 29.0 Å². The van der Waals surface area contributed by atoms with Gasteiger partial charge in [-0.25, -0.2) is 9.78 Å². The van der Waals surface area contributed by atoms with Crippen LogP contribution in [0.25, 0.3) is 11.5 Å². The third-order valence-electron chi connectivity index (χ3n) is 4.74. The highest BCUT2D eigenvalue weighted by molar-refractivity contribution is 7.99. The highest BCUT2D eigenvalue weighted by Gasteiger charge is 2.31. The number of benzene rings is 2. The first kappa shape index (κ1) is 25.5. The van der Waals surface area contributed by atoms with Crippen LogP contribution >= 0.6 is 11.8 Å². The first-order valence-electron chi connectivity index (χ1n) is 10.4. The predicted octanol–water partition coefficient (Wildman–Crippen LogP) is 6.99. The zero-order valence-electron chi connectivity index (χ0n) is 19.0. The summed E-state index contributed by atoms with van der Waals surface area (Å²) in [5, 5.41) is 8.67. The number of nitrogens with zero attached hydrogens (tertiary/aromatic N) is 1. The number of oxazole rings is 1. The summed E-state index contributed by atoms with van der Waals surface area (Å²) in [5.41, 5.74) is 2.11. The van der Waals surface area contributed by atoms with Crippen LogP contribution in [0.4, 0.5) is 13.2 Å². The maximum atomic E-state index is 12.4. The molecule has 1 unspecified atom stereocenters. The standard InChI is InChI=1S/C24H24F3NO5S/c1-13(2)21-22(15(4)34-18-9-10-19(14(3)11-18)31-12-20(29)30)32-23(28-21)16-5-7-17(8-6-16)33-24(25,26)27/h5-11,13,15H,12H2,1-4H3,(H,29,30). The molecule has 0 fully saturated rings. The Bertz CT molecular complexity index is 1140. The molecule has 0 aliphatic heterocycles. The average Bonchev–Trinajstić information content (AvgIpc) is 3.18. The van der Waals surface area contributed by atoms with Crippen molar-refractivity contribution in [3.05, 3.63) is 59.5 Å². The monoisotopic (exact) mass is 495 g/mol. The first-order valence-corrected chi connectivity index (χ1v) is 11.3. The fourth-order valence-corrected chi connectivity index (χ4v) is 4.30. The van der Waals surface area contributed by atoms with Crippen molar-refractivity contribution in [2.75, 3.05) is 6.61 Å². The lowest BCUT2D eigenvalue weighted by atomic mass is 10.1. The molecule has 0 spiro atoms. The molecule has 3 rings (SSSR count). The summed E-state index contributed by atoms with van der Waals surface area (Å²) in [7, 11) is 0. The summed E-state index contributed by atoms with van der Waals surface area (Å²) in [4.78, 5) is 16.3. The van der Waals surface area contributed by atoms with E-state index in [0.29, 0.717) is 23.0 Å². The molecule has 1 aromatic heterocycles. The summed E-state index contributed by atoms with van der Waals surface area (Å²) in [6.45, 7) is 7.38. The molecule has 2 aromatic carbocycles. The zero-order valence-corrected chi connectivity index (χ0v) is 19.8. The fraction of sp³-hybridized carbons (Fsp3) is 0.333.